The quantitative estimate of drug-likeness (QED) is 0.480. The van der Waals surface area contributed by atoms with Crippen LogP contribution in [0.25, 0.3) is 0 Å². The lowest BCUT2D eigenvalue weighted by molar-refractivity contribution is -0.127. The highest BCUT2D eigenvalue weighted by Gasteiger charge is 2.51. The van der Waals surface area contributed by atoms with Gasteiger partial charge < -0.3 is 16.4 Å². The van der Waals surface area contributed by atoms with Gasteiger partial charge in [0, 0.05) is 37.5 Å². The lowest BCUT2D eigenvalue weighted by Crippen LogP contribution is -2.67. The maximum absolute atomic E-state index is 14.0. The molecule has 0 radical (unpaired) electrons. The van der Waals surface area contributed by atoms with Crippen molar-refractivity contribution in [3.63, 3.8) is 0 Å². The number of rotatable bonds is 6. The third kappa shape index (κ3) is 4.90. The van der Waals surface area contributed by atoms with E-state index in [1.54, 1.807) is 0 Å². The molecule has 29 heavy (non-hydrogen) atoms. The molecule has 6 nitrogen and oxygen atoms in total. The highest BCUT2D eigenvalue weighted by atomic mass is 35.5. The fourth-order valence-electron chi connectivity index (χ4n) is 5.29. The van der Waals surface area contributed by atoms with Crippen LogP contribution < -0.4 is 21.7 Å². The number of hydrogen-bond donors (Lipinski definition) is 4. The van der Waals surface area contributed by atoms with Gasteiger partial charge in [0.05, 0.1) is 12.3 Å². The molecule has 5 N–H and O–H groups in total. The van der Waals surface area contributed by atoms with Crippen LogP contribution in [0.15, 0.2) is 0 Å². The van der Waals surface area contributed by atoms with Crippen LogP contribution in [0.1, 0.15) is 45.4 Å². The molecular formula is C21H37ClFN5O. The Labute approximate surface area is 178 Å². The van der Waals surface area contributed by atoms with Crippen molar-refractivity contribution in [3.05, 3.63) is 0 Å². The monoisotopic (exact) mass is 429 g/mol. The van der Waals surface area contributed by atoms with Crippen molar-refractivity contribution in [2.75, 3.05) is 32.7 Å². The van der Waals surface area contributed by atoms with Gasteiger partial charge in [0.2, 0.25) is 0 Å². The number of carbonyl (C=O) groups excluding carboxylic acids is 1. The van der Waals surface area contributed by atoms with Gasteiger partial charge in [0.15, 0.2) is 5.67 Å². The number of amides is 1. The fourth-order valence-corrected chi connectivity index (χ4v) is 5.64. The van der Waals surface area contributed by atoms with Crippen LogP contribution in [-0.4, -0.2) is 66.9 Å². The van der Waals surface area contributed by atoms with Gasteiger partial charge in [-0.2, -0.15) is 0 Å². The third-order valence-corrected chi connectivity index (χ3v) is 8.28. The van der Waals surface area contributed by atoms with E-state index in [4.69, 9.17) is 17.3 Å². The summed E-state index contributed by atoms with van der Waals surface area (Å²) in [6, 6.07) is 0. The Hall–Kier alpha value is -0.470. The number of hydrogen-bond acceptors (Lipinski definition) is 5. The first-order chi connectivity index (χ1) is 13.9. The maximum atomic E-state index is 14.0. The Bertz CT molecular complexity index is 591. The SMILES string of the molecule is CC1CCC(C2NCC(CNC(=O)C3(F)CC3)C(N3CC[C@H](CN)C3)N2)CC1Cl. The zero-order valence-electron chi connectivity index (χ0n) is 17.5. The van der Waals surface area contributed by atoms with E-state index < -0.39 is 11.6 Å². The van der Waals surface area contributed by atoms with Crippen LogP contribution in [-0.2, 0) is 4.79 Å². The highest BCUT2D eigenvalue weighted by molar-refractivity contribution is 6.20. The van der Waals surface area contributed by atoms with E-state index in [0.29, 0.717) is 43.7 Å². The Morgan fingerprint density at radius 1 is 1.34 bits per heavy atom. The Kier molecular flexibility index (Phi) is 6.71. The molecule has 2 saturated carbocycles. The number of nitrogens with one attached hydrogen (secondary N) is 3. The highest BCUT2D eigenvalue weighted by Crippen LogP contribution is 2.40. The van der Waals surface area contributed by atoms with Gasteiger partial charge >= 0.3 is 0 Å². The van der Waals surface area contributed by atoms with Gasteiger partial charge in [0.25, 0.3) is 5.91 Å². The molecule has 7 atom stereocenters. The summed E-state index contributed by atoms with van der Waals surface area (Å²) in [5.41, 5.74) is 4.30. The molecule has 4 aliphatic rings. The molecule has 1 amide bonds. The van der Waals surface area contributed by atoms with Crippen LogP contribution in [0.5, 0.6) is 0 Å². The summed E-state index contributed by atoms with van der Waals surface area (Å²) in [5, 5.41) is 10.6. The third-order valence-electron chi connectivity index (χ3n) is 7.67. The van der Waals surface area contributed by atoms with Crippen molar-refractivity contribution >= 4 is 17.5 Å². The lowest BCUT2D eigenvalue weighted by atomic mass is 9.80. The maximum Gasteiger partial charge on any atom is 0.257 e. The number of nitrogens with zero attached hydrogens (tertiary/aromatic N) is 1. The van der Waals surface area contributed by atoms with Crippen LogP contribution in [0.3, 0.4) is 0 Å². The summed E-state index contributed by atoms with van der Waals surface area (Å²) in [6.45, 7) is 6.26. The van der Waals surface area contributed by atoms with E-state index in [1.165, 1.54) is 12.8 Å². The minimum Gasteiger partial charge on any atom is -0.353 e. The first-order valence-electron chi connectivity index (χ1n) is 11.4. The molecule has 2 aliphatic carbocycles. The Morgan fingerprint density at radius 3 is 2.79 bits per heavy atom. The van der Waals surface area contributed by atoms with E-state index in [1.807, 2.05) is 0 Å². The smallest absolute Gasteiger partial charge is 0.257 e. The summed E-state index contributed by atoms with van der Waals surface area (Å²) in [5.74, 6) is 1.38. The predicted molar refractivity (Wildman–Crippen MR) is 113 cm³/mol. The second-order valence-corrected chi connectivity index (χ2v) is 10.4. The molecule has 6 unspecified atom stereocenters. The zero-order valence-corrected chi connectivity index (χ0v) is 18.3. The van der Waals surface area contributed by atoms with Crippen molar-refractivity contribution in [1.82, 2.24) is 20.9 Å². The Balaban J connectivity index is 1.39. The van der Waals surface area contributed by atoms with Crippen molar-refractivity contribution in [3.8, 4) is 0 Å². The van der Waals surface area contributed by atoms with Gasteiger partial charge in [-0.25, -0.2) is 4.39 Å². The molecule has 0 aromatic rings. The number of alkyl halides is 2. The standard InChI is InChI=1S/C21H37ClFN5O/c1-13-2-3-15(8-17(13)22)18-25-10-16(11-26-20(29)21(23)5-6-21)19(27-18)28-7-4-14(9-24)12-28/h13-19,25,27H,2-12,24H2,1H3,(H,26,29)/t13?,14-,15?,16?,17?,18?,19?/m1/s1. The number of nitrogens with two attached hydrogens (primary N) is 1. The van der Waals surface area contributed by atoms with Gasteiger partial charge in [-0.15, -0.1) is 11.6 Å². The lowest BCUT2D eigenvalue weighted by Gasteiger charge is -2.47. The van der Waals surface area contributed by atoms with E-state index in [-0.39, 0.29) is 23.6 Å². The van der Waals surface area contributed by atoms with Crippen molar-refractivity contribution in [1.29, 1.82) is 0 Å². The number of halogens is 2. The normalized spacial score (nSPS) is 42.6. The molecular weight excluding hydrogens is 393 g/mol. The summed E-state index contributed by atoms with van der Waals surface area (Å²) in [6.07, 6.45) is 5.60. The van der Waals surface area contributed by atoms with Crippen LogP contribution in [0.2, 0.25) is 0 Å². The molecule has 0 bridgehead atoms. The largest absolute Gasteiger partial charge is 0.353 e. The van der Waals surface area contributed by atoms with Crippen molar-refractivity contribution in [2.45, 2.75) is 68.8 Å². The molecule has 4 rings (SSSR count). The van der Waals surface area contributed by atoms with E-state index >= 15 is 0 Å². The summed E-state index contributed by atoms with van der Waals surface area (Å²) < 4.78 is 14.0. The molecule has 2 heterocycles. The number of likely N-dealkylation sites (tertiary alicyclic amines) is 1. The minimum atomic E-state index is -1.61. The average molecular weight is 430 g/mol. The van der Waals surface area contributed by atoms with Crippen LogP contribution >= 0.6 is 11.6 Å². The first kappa shape index (κ1) is 21.8. The van der Waals surface area contributed by atoms with Crippen molar-refractivity contribution < 1.29 is 9.18 Å². The van der Waals surface area contributed by atoms with Crippen LogP contribution in [0, 0.1) is 23.7 Å². The van der Waals surface area contributed by atoms with E-state index in [0.717, 1.165) is 32.5 Å². The molecule has 2 aliphatic heterocycles. The summed E-state index contributed by atoms with van der Waals surface area (Å²) >= 11 is 6.58. The van der Waals surface area contributed by atoms with Gasteiger partial charge in [-0.05, 0) is 62.8 Å². The average Bonchev–Trinajstić information content (AvgIpc) is 3.30. The number of carbonyl (C=O) groups is 1. The van der Waals surface area contributed by atoms with E-state index in [9.17, 15) is 9.18 Å². The molecule has 166 valence electrons. The molecule has 0 aromatic carbocycles. The Morgan fingerprint density at radius 2 is 2.14 bits per heavy atom. The molecule has 0 aromatic heterocycles. The molecule has 2 saturated heterocycles. The molecule has 4 fully saturated rings. The predicted octanol–water partition coefficient (Wildman–Crippen LogP) is 1.39. The summed E-state index contributed by atoms with van der Waals surface area (Å²) in [4.78, 5) is 14.6. The fraction of sp³-hybridized carbons (Fsp3) is 0.952. The van der Waals surface area contributed by atoms with E-state index in [2.05, 4.69) is 27.8 Å². The van der Waals surface area contributed by atoms with Gasteiger partial charge in [0.1, 0.15) is 0 Å². The minimum absolute atomic E-state index is 0.168. The zero-order chi connectivity index (χ0) is 20.6. The van der Waals surface area contributed by atoms with Crippen LogP contribution in [0.4, 0.5) is 4.39 Å². The first-order valence-corrected chi connectivity index (χ1v) is 11.9. The van der Waals surface area contributed by atoms with Gasteiger partial charge in [-0.3, -0.25) is 15.0 Å². The summed E-state index contributed by atoms with van der Waals surface area (Å²) in [7, 11) is 0. The molecule has 0 spiro atoms. The second-order valence-electron chi connectivity index (χ2n) is 9.88. The van der Waals surface area contributed by atoms with Crippen molar-refractivity contribution in [2.24, 2.45) is 29.4 Å². The molecule has 8 heteroatoms. The second kappa shape index (κ2) is 8.95. The van der Waals surface area contributed by atoms with Gasteiger partial charge in [-0.1, -0.05) is 6.92 Å². The topological polar surface area (TPSA) is 82.4 Å².